The molecule has 0 spiro atoms. The normalized spacial score (nSPS) is 23.8. The van der Waals surface area contributed by atoms with Gasteiger partial charge >= 0.3 is 0 Å². The van der Waals surface area contributed by atoms with Gasteiger partial charge in [0.05, 0.1) is 0 Å². The molecule has 1 fully saturated rings. The van der Waals surface area contributed by atoms with Crippen LogP contribution in [0.2, 0.25) is 0 Å². The van der Waals surface area contributed by atoms with Crippen molar-refractivity contribution in [3.05, 3.63) is 35.4 Å². The Labute approximate surface area is 131 Å². The van der Waals surface area contributed by atoms with Crippen molar-refractivity contribution >= 4 is 0 Å². The maximum Gasteiger partial charge on any atom is 0.0419 e. The van der Waals surface area contributed by atoms with Crippen molar-refractivity contribution in [3.8, 4) is 0 Å². The molecule has 1 aromatic carbocycles. The SMILES string of the molecule is CC1(C)CC(C)(C)CC(N)(c2ccc(C(C)(C)C)cc2)C1. The quantitative estimate of drug-likeness (QED) is 0.738. The minimum Gasteiger partial charge on any atom is -0.321 e. The van der Waals surface area contributed by atoms with Crippen molar-refractivity contribution in [2.24, 2.45) is 16.6 Å². The molecule has 1 aromatic rings. The Balaban J connectivity index is 2.35. The topological polar surface area (TPSA) is 26.0 Å². The van der Waals surface area contributed by atoms with Crippen molar-refractivity contribution < 1.29 is 0 Å². The third kappa shape index (κ3) is 3.69. The van der Waals surface area contributed by atoms with E-state index in [1.807, 2.05) is 0 Å². The van der Waals surface area contributed by atoms with Crippen molar-refractivity contribution in [2.75, 3.05) is 0 Å². The summed E-state index contributed by atoms with van der Waals surface area (Å²) in [6.45, 7) is 16.2. The van der Waals surface area contributed by atoms with E-state index in [0.29, 0.717) is 10.8 Å². The molecule has 1 aliphatic carbocycles. The van der Waals surface area contributed by atoms with Crippen LogP contribution in [-0.4, -0.2) is 0 Å². The molecule has 0 atom stereocenters. The average Bonchev–Trinajstić information content (AvgIpc) is 2.23. The summed E-state index contributed by atoms with van der Waals surface area (Å²) in [6.07, 6.45) is 3.38. The minimum absolute atomic E-state index is 0.193. The second-order valence-electron chi connectivity index (χ2n) is 9.84. The van der Waals surface area contributed by atoms with E-state index in [-0.39, 0.29) is 11.0 Å². The number of benzene rings is 1. The highest BCUT2D eigenvalue weighted by Crippen LogP contribution is 2.52. The largest absolute Gasteiger partial charge is 0.321 e. The van der Waals surface area contributed by atoms with Gasteiger partial charge in [-0.15, -0.1) is 0 Å². The van der Waals surface area contributed by atoms with Crippen LogP contribution >= 0.6 is 0 Å². The van der Waals surface area contributed by atoms with Crippen LogP contribution in [0.5, 0.6) is 0 Å². The first-order valence-electron chi connectivity index (χ1n) is 8.23. The van der Waals surface area contributed by atoms with Gasteiger partial charge in [-0.05, 0) is 46.6 Å². The van der Waals surface area contributed by atoms with Gasteiger partial charge in [-0.1, -0.05) is 72.7 Å². The third-order valence-corrected chi connectivity index (χ3v) is 4.87. The van der Waals surface area contributed by atoms with Gasteiger partial charge in [0.15, 0.2) is 0 Å². The molecule has 0 amide bonds. The fourth-order valence-corrected chi connectivity index (χ4v) is 4.70. The Bertz CT molecular complexity index is 484. The van der Waals surface area contributed by atoms with Gasteiger partial charge in [0, 0.05) is 5.54 Å². The summed E-state index contributed by atoms with van der Waals surface area (Å²) >= 11 is 0. The Morgan fingerprint density at radius 3 is 1.62 bits per heavy atom. The fraction of sp³-hybridized carbons (Fsp3) is 0.700. The molecule has 0 radical (unpaired) electrons. The van der Waals surface area contributed by atoms with Crippen LogP contribution in [0.1, 0.15) is 78.9 Å². The highest BCUT2D eigenvalue weighted by molar-refractivity contribution is 5.32. The molecule has 0 aromatic heterocycles. The highest BCUT2D eigenvalue weighted by atomic mass is 14.8. The first-order chi connectivity index (χ1) is 9.33. The van der Waals surface area contributed by atoms with Gasteiger partial charge in [0.2, 0.25) is 0 Å². The van der Waals surface area contributed by atoms with E-state index < -0.39 is 0 Å². The van der Waals surface area contributed by atoms with E-state index in [9.17, 15) is 0 Å². The van der Waals surface area contributed by atoms with E-state index >= 15 is 0 Å². The first kappa shape index (κ1) is 16.5. The number of rotatable bonds is 1. The molecule has 0 bridgehead atoms. The Hall–Kier alpha value is -0.820. The summed E-state index contributed by atoms with van der Waals surface area (Å²) in [4.78, 5) is 0. The van der Waals surface area contributed by atoms with Gasteiger partial charge in [0.1, 0.15) is 0 Å². The van der Waals surface area contributed by atoms with E-state index in [1.165, 1.54) is 17.5 Å². The zero-order chi connectivity index (χ0) is 16.1. The van der Waals surface area contributed by atoms with Crippen LogP contribution in [0.4, 0.5) is 0 Å². The zero-order valence-corrected chi connectivity index (χ0v) is 15.0. The Morgan fingerprint density at radius 1 is 0.810 bits per heavy atom. The van der Waals surface area contributed by atoms with Crippen molar-refractivity contribution in [1.82, 2.24) is 0 Å². The number of hydrogen-bond acceptors (Lipinski definition) is 1. The Morgan fingerprint density at radius 2 is 1.24 bits per heavy atom. The molecule has 1 saturated carbocycles. The van der Waals surface area contributed by atoms with E-state index in [0.717, 1.165) is 12.8 Å². The second kappa shape index (κ2) is 4.84. The molecule has 0 unspecified atom stereocenters. The molecule has 21 heavy (non-hydrogen) atoms. The van der Waals surface area contributed by atoms with Crippen molar-refractivity contribution in [2.45, 2.75) is 78.7 Å². The highest BCUT2D eigenvalue weighted by Gasteiger charge is 2.46. The molecule has 118 valence electrons. The first-order valence-corrected chi connectivity index (χ1v) is 8.23. The van der Waals surface area contributed by atoms with Crippen LogP contribution in [0, 0.1) is 10.8 Å². The number of hydrogen-bond donors (Lipinski definition) is 1. The van der Waals surface area contributed by atoms with Gasteiger partial charge in [-0.2, -0.15) is 0 Å². The van der Waals surface area contributed by atoms with Crippen LogP contribution < -0.4 is 5.73 Å². The summed E-state index contributed by atoms with van der Waals surface area (Å²) in [5.74, 6) is 0. The average molecular weight is 287 g/mol. The Kier molecular flexibility index (Phi) is 3.82. The summed E-state index contributed by atoms with van der Waals surface area (Å²) < 4.78 is 0. The summed E-state index contributed by atoms with van der Waals surface area (Å²) in [7, 11) is 0. The number of nitrogens with two attached hydrogens (primary N) is 1. The van der Waals surface area contributed by atoms with Crippen LogP contribution in [0.25, 0.3) is 0 Å². The molecule has 0 heterocycles. The lowest BCUT2D eigenvalue weighted by atomic mass is 9.57. The van der Waals surface area contributed by atoms with E-state index in [1.54, 1.807) is 0 Å². The summed E-state index contributed by atoms with van der Waals surface area (Å²) in [5, 5.41) is 0. The zero-order valence-electron chi connectivity index (χ0n) is 15.0. The molecule has 0 aliphatic heterocycles. The maximum atomic E-state index is 6.89. The maximum absolute atomic E-state index is 6.89. The molecular formula is C20H33N. The van der Waals surface area contributed by atoms with Gasteiger partial charge in [-0.3, -0.25) is 0 Å². The second-order valence-corrected chi connectivity index (χ2v) is 9.84. The van der Waals surface area contributed by atoms with Gasteiger partial charge in [0.25, 0.3) is 0 Å². The van der Waals surface area contributed by atoms with E-state index in [4.69, 9.17) is 5.73 Å². The molecule has 1 nitrogen and oxygen atoms in total. The van der Waals surface area contributed by atoms with Crippen molar-refractivity contribution in [1.29, 1.82) is 0 Å². The molecule has 1 aliphatic rings. The van der Waals surface area contributed by atoms with Crippen molar-refractivity contribution in [3.63, 3.8) is 0 Å². The monoisotopic (exact) mass is 287 g/mol. The lowest BCUT2D eigenvalue weighted by Crippen LogP contribution is -2.49. The van der Waals surface area contributed by atoms with Crippen LogP contribution in [0.15, 0.2) is 24.3 Å². The molecule has 2 rings (SSSR count). The third-order valence-electron chi connectivity index (χ3n) is 4.87. The molecular weight excluding hydrogens is 254 g/mol. The standard InChI is InChI=1S/C20H33N/c1-17(2,3)15-8-10-16(11-9-15)20(21)13-18(4,5)12-19(6,7)14-20/h8-11H,12-14,21H2,1-7H3. The molecule has 2 N–H and O–H groups in total. The fourth-order valence-electron chi connectivity index (χ4n) is 4.70. The van der Waals surface area contributed by atoms with Crippen LogP contribution in [0.3, 0.4) is 0 Å². The van der Waals surface area contributed by atoms with E-state index in [2.05, 4.69) is 72.7 Å². The molecule has 0 saturated heterocycles. The summed E-state index contributed by atoms with van der Waals surface area (Å²) in [5.41, 5.74) is 10.2. The van der Waals surface area contributed by atoms with Gasteiger partial charge in [-0.25, -0.2) is 0 Å². The smallest absolute Gasteiger partial charge is 0.0419 e. The van der Waals surface area contributed by atoms with Gasteiger partial charge < -0.3 is 5.73 Å². The summed E-state index contributed by atoms with van der Waals surface area (Å²) in [6, 6.07) is 9.05. The lowest BCUT2D eigenvalue weighted by Gasteiger charge is -2.50. The van der Waals surface area contributed by atoms with Crippen LogP contribution in [-0.2, 0) is 11.0 Å². The predicted molar refractivity (Wildman–Crippen MR) is 92.4 cm³/mol. The predicted octanol–water partition coefficient (Wildman–Crippen LogP) is 5.37. The molecule has 1 heteroatoms. The lowest BCUT2D eigenvalue weighted by molar-refractivity contribution is 0.0470. The minimum atomic E-state index is -0.193.